The Morgan fingerprint density at radius 3 is 2.39 bits per heavy atom. The van der Waals surface area contributed by atoms with Crippen LogP contribution in [-0.2, 0) is 10.2 Å². The zero-order valence-electron chi connectivity index (χ0n) is 15.0. The highest BCUT2D eigenvalue weighted by Gasteiger charge is 2.34. The Morgan fingerprint density at radius 1 is 1.17 bits per heavy atom. The van der Waals surface area contributed by atoms with Crippen molar-refractivity contribution >= 4 is 5.96 Å². The Kier molecular flexibility index (Phi) is 6.05. The topological polar surface area (TPSA) is 45.7 Å². The molecule has 1 heterocycles. The maximum atomic E-state index is 5.60. The largest absolute Gasteiger partial charge is 0.381 e. The van der Waals surface area contributed by atoms with E-state index in [0.717, 1.165) is 45.1 Å². The van der Waals surface area contributed by atoms with E-state index >= 15 is 0 Å². The molecule has 1 aliphatic heterocycles. The van der Waals surface area contributed by atoms with Gasteiger partial charge in [0, 0.05) is 30.7 Å². The van der Waals surface area contributed by atoms with Crippen molar-refractivity contribution in [3.05, 3.63) is 35.9 Å². The Morgan fingerprint density at radius 2 is 1.83 bits per heavy atom. The number of hydrogen-bond acceptors (Lipinski definition) is 2. The van der Waals surface area contributed by atoms with Crippen molar-refractivity contribution in [3.8, 4) is 0 Å². The fourth-order valence-electron chi connectivity index (χ4n) is 2.98. The van der Waals surface area contributed by atoms with Crippen LogP contribution in [0, 0.1) is 0 Å². The van der Waals surface area contributed by atoms with Crippen molar-refractivity contribution in [3.63, 3.8) is 0 Å². The molecule has 0 aromatic heterocycles. The van der Waals surface area contributed by atoms with Crippen molar-refractivity contribution in [1.82, 2.24) is 10.6 Å². The zero-order chi connectivity index (χ0) is 16.8. The first-order valence-corrected chi connectivity index (χ1v) is 8.65. The molecule has 128 valence electrons. The quantitative estimate of drug-likeness (QED) is 0.662. The Bertz CT molecular complexity index is 499. The third-order valence-electron chi connectivity index (χ3n) is 4.21. The molecular formula is C19H31N3O. The number of benzene rings is 1. The van der Waals surface area contributed by atoms with Crippen LogP contribution >= 0.6 is 0 Å². The molecule has 1 fully saturated rings. The lowest BCUT2D eigenvalue weighted by atomic mass is 9.74. The summed E-state index contributed by atoms with van der Waals surface area (Å²) in [6, 6.07) is 10.8. The second-order valence-electron chi connectivity index (χ2n) is 7.33. The van der Waals surface area contributed by atoms with Crippen LogP contribution in [0.25, 0.3) is 0 Å². The number of nitrogens with one attached hydrogen (secondary N) is 2. The molecule has 0 unspecified atom stereocenters. The van der Waals surface area contributed by atoms with Crippen LogP contribution in [0.3, 0.4) is 0 Å². The Balaban J connectivity index is 2.21. The molecule has 0 saturated carbocycles. The first-order valence-electron chi connectivity index (χ1n) is 8.65. The summed E-state index contributed by atoms with van der Waals surface area (Å²) in [4.78, 5) is 4.91. The smallest absolute Gasteiger partial charge is 0.191 e. The molecule has 2 rings (SSSR count). The van der Waals surface area contributed by atoms with Gasteiger partial charge in [-0.2, -0.15) is 0 Å². The van der Waals surface area contributed by atoms with Gasteiger partial charge >= 0.3 is 0 Å². The number of ether oxygens (including phenoxy) is 1. The van der Waals surface area contributed by atoms with Crippen LogP contribution in [0.2, 0.25) is 0 Å². The SMILES string of the molecule is CCNC(=NCC1(c2ccccc2)CCOCC1)NC(C)(C)C. The third-order valence-corrected chi connectivity index (χ3v) is 4.21. The first-order chi connectivity index (χ1) is 11.0. The van der Waals surface area contributed by atoms with E-state index in [1.807, 2.05) is 0 Å². The maximum absolute atomic E-state index is 5.60. The number of guanidine groups is 1. The second kappa shape index (κ2) is 7.82. The molecule has 1 aromatic rings. The van der Waals surface area contributed by atoms with Gasteiger partial charge in [-0.1, -0.05) is 30.3 Å². The van der Waals surface area contributed by atoms with Crippen molar-refractivity contribution in [2.24, 2.45) is 4.99 Å². The number of aliphatic imine (C=N–C) groups is 1. The van der Waals surface area contributed by atoms with Gasteiger partial charge in [-0.25, -0.2) is 0 Å². The van der Waals surface area contributed by atoms with Gasteiger partial charge in [0.15, 0.2) is 5.96 Å². The summed E-state index contributed by atoms with van der Waals surface area (Å²) < 4.78 is 5.60. The number of hydrogen-bond donors (Lipinski definition) is 2. The fraction of sp³-hybridized carbons (Fsp3) is 0.632. The first kappa shape index (κ1) is 17.8. The minimum atomic E-state index is -0.00338. The summed E-state index contributed by atoms with van der Waals surface area (Å²) >= 11 is 0. The molecule has 0 atom stereocenters. The molecule has 1 aliphatic rings. The molecule has 0 bridgehead atoms. The highest BCUT2D eigenvalue weighted by atomic mass is 16.5. The molecule has 0 radical (unpaired) electrons. The summed E-state index contributed by atoms with van der Waals surface area (Å²) in [5.74, 6) is 0.891. The van der Waals surface area contributed by atoms with Gasteiger partial charge in [0.05, 0.1) is 6.54 Å². The van der Waals surface area contributed by atoms with Crippen molar-refractivity contribution in [1.29, 1.82) is 0 Å². The Hall–Kier alpha value is -1.55. The van der Waals surface area contributed by atoms with Gasteiger partial charge in [0.2, 0.25) is 0 Å². The summed E-state index contributed by atoms with van der Waals surface area (Å²) in [7, 11) is 0. The molecule has 4 heteroatoms. The molecule has 1 aromatic carbocycles. The molecular weight excluding hydrogens is 286 g/mol. The van der Waals surface area contributed by atoms with Crippen molar-refractivity contribution in [2.75, 3.05) is 26.3 Å². The van der Waals surface area contributed by atoms with E-state index in [9.17, 15) is 0 Å². The summed E-state index contributed by atoms with van der Waals surface area (Å²) in [6.45, 7) is 11.8. The summed E-state index contributed by atoms with van der Waals surface area (Å²) in [5, 5.41) is 6.83. The van der Waals surface area contributed by atoms with Crippen molar-refractivity contribution < 1.29 is 4.74 Å². The van der Waals surface area contributed by atoms with Crippen LogP contribution in [0.15, 0.2) is 35.3 Å². The standard InChI is InChI=1S/C19H31N3O/c1-5-20-17(22-18(2,3)4)21-15-19(11-13-23-14-12-19)16-9-7-6-8-10-16/h6-10H,5,11-15H2,1-4H3,(H2,20,21,22). The minimum Gasteiger partial charge on any atom is -0.381 e. The zero-order valence-corrected chi connectivity index (χ0v) is 15.0. The fourth-order valence-corrected chi connectivity index (χ4v) is 2.98. The average Bonchev–Trinajstić information content (AvgIpc) is 2.53. The van der Waals surface area contributed by atoms with Gasteiger partial charge in [0.25, 0.3) is 0 Å². The van der Waals surface area contributed by atoms with Gasteiger partial charge in [0.1, 0.15) is 0 Å². The molecule has 0 spiro atoms. The molecule has 0 amide bonds. The number of nitrogens with zero attached hydrogens (tertiary/aromatic N) is 1. The third kappa shape index (κ3) is 5.24. The molecule has 1 saturated heterocycles. The van der Waals surface area contributed by atoms with E-state index in [-0.39, 0.29) is 11.0 Å². The predicted molar refractivity (Wildman–Crippen MR) is 97.0 cm³/mol. The van der Waals surface area contributed by atoms with Crippen LogP contribution in [0.5, 0.6) is 0 Å². The highest BCUT2D eigenvalue weighted by molar-refractivity contribution is 5.80. The van der Waals surface area contributed by atoms with Crippen LogP contribution in [0.1, 0.15) is 46.1 Å². The predicted octanol–water partition coefficient (Wildman–Crippen LogP) is 3.09. The van der Waals surface area contributed by atoms with Crippen LogP contribution in [0.4, 0.5) is 0 Å². The lowest BCUT2D eigenvalue weighted by Gasteiger charge is -2.37. The average molecular weight is 317 g/mol. The van der Waals surface area contributed by atoms with Crippen molar-refractivity contribution in [2.45, 2.75) is 51.5 Å². The molecule has 0 aliphatic carbocycles. The van der Waals surface area contributed by atoms with E-state index in [1.165, 1.54) is 5.56 Å². The van der Waals surface area contributed by atoms with E-state index in [4.69, 9.17) is 9.73 Å². The van der Waals surface area contributed by atoms with Gasteiger partial charge in [-0.3, -0.25) is 4.99 Å². The van der Waals surface area contributed by atoms with E-state index in [0.29, 0.717) is 0 Å². The number of rotatable bonds is 4. The molecule has 23 heavy (non-hydrogen) atoms. The molecule has 2 N–H and O–H groups in total. The lowest BCUT2D eigenvalue weighted by Crippen LogP contribution is -2.48. The summed E-state index contributed by atoms with van der Waals surface area (Å²) in [6.07, 6.45) is 2.05. The van der Waals surface area contributed by atoms with Gasteiger partial charge < -0.3 is 15.4 Å². The van der Waals surface area contributed by atoms with E-state index in [1.54, 1.807) is 0 Å². The normalized spacial score (nSPS) is 18.5. The van der Waals surface area contributed by atoms with Gasteiger partial charge in [-0.15, -0.1) is 0 Å². The van der Waals surface area contributed by atoms with Crippen LogP contribution < -0.4 is 10.6 Å². The Labute approximate surface area is 140 Å². The second-order valence-corrected chi connectivity index (χ2v) is 7.33. The minimum absolute atomic E-state index is 0.00338. The maximum Gasteiger partial charge on any atom is 0.191 e. The van der Waals surface area contributed by atoms with Gasteiger partial charge in [-0.05, 0) is 46.1 Å². The monoisotopic (exact) mass is 317 g/mol. The lowest BCUT2D eigenvalue weighted by molar-refractivity contribution is 0.0531. The highest BCUT2D eigenvalue weighted by Crippen LogP contribution is 2.35. The van der Waals surface area contributed by atoms with E-state index in [2.05, 4.69) is 68.7 Å². The molecule has 4 nitrogen and oxygen atoms in total. The van der Waals surface area contributed by atoms with Crippen LogP contribution in [-0.4, -0.2) is 37.8 Å². The van der Waals surface area contributed by atoms with E-state index < -0.39 is 0 Å². The summed E-state index contributed by atoms with van der Waals surface area (Å²) in [5.41, 5.74) is 1.45.